The second kappa shape index (κ2) is 8.71. The summed E-state index contributed by atoms with van der Waals surface area (Å²) in [5.41, 5.74) is 1.94. The molecule has 2 aromatic rings. The number of amides is 1. The lowest BCUT2D eigenvalue weighted by atomic mass is 9.95. The molecule has 1 fully saturated rings. The summed E-state index contributed by atoms with van der Waals surface area (Å²) in [6.07, 6.45) is 3.74. The van der Waals surface area contributed by atoms with Crippen LogP contribution in [0.15, 0.2) is 22.4 Å². The van der Waals surface area contributed by atoms with Crippen LogP contribution in [0.4, 0.5) is 5.69 Å². The van der Waals surface area contributed by atoms with Gasteiger partial charge in [-0.2, -0.15) is 0 Å². The van der Waals surface area contributed by atoms with E-state index in [-0.39, 0.29) is 11.8 Å². The van der Waals surface area contributed by atoms with E-state index in [4.69, 9.17) is 9.47 Å². The maximum absolute atomic E-state index is 12.9. The van der Waals surface area contributed by atoms with Gasteiger partial charge in [0, 0.05) is 28.8 Å². The summed E-state index contributed by atoms with van der Waals surface area (Å²) in [5.74, 6) is 1.58. The van der Waals surface area contributed by atoms with Gasteiger partial charge in [-0.3, -0.25) is 9.69 Å². The van der Waals surface area contributed by atoms with Crippen LogP contribution in [0.2, 0.25) is 0 Å². The Hall–Kier alpha value is -1.77. The molecular weight excluding hydrogens is 394 g/mol. The number of benzene rings is 1. The Morgan fingerprint density at radius 1 is 1.29 bits per heavy atom. The molecule has 1 aromatic carbocycles. The zero-order valence-corrected chi connectivity index (χ0v) is 17.8. The van der Waals surface area contributed by atoms with Gasteiger partial charge in [0.05, 0.1) is 16.4 Å². The van der Waals surface area contributed by atoms with Crippen molar-refractivity contribution in [3.05, 3.63) is 28.2 Å². The number of nitrogens with zero attached hydrogens (tertiary/aromatic N) is 2. The summed E-state index contributed by atoms with van der Waals surface area (Å²) in [5, 5.41) is 6.35. The van der Waals surface area contributed by atoms with Crippen molar-refractivity contribution < 1.29 is 14.3 Å². The first-order valence-corrected chi connectivity index (χ1v) is 11.6. The second-order valence-corrected chi connectivity index (χ2v) is 9.00. The fourth-order valence-electron chi connectivity index (χ4n) is 3.63. The Morgan fingerprint density at radius 3 is 2.64 bits per heavy atom. The maximum Gasteiger partial charge on any atom is 0.227 e. The number of aryl methyl sites for hydroxylation is 1. The number of aromatic nitrogens is 1. The molecule has 6 nitrogen and oxygen atoms in total. The SMILES string of the molecule is CSc1cc2c(cc1NC(=O)C1CCN(Cc3csc(C)n3)CC1)OCCO2. The van der Waals surface area contributed by atoms with Crippen LogP contribution in [0.3, 0.4) is 0 Å². The van der Waals surface area contributed by atoms with E-state index < -0.39 is 0 Å². The first-order valence-electron chi connectivity index (χ1n) is 9.54. The summed E-state index contributed by atoms with van der Waals surface area (Å²) in [6.45, 7) is 5.85. The lowest BCUT2D eigenvalue weighted by Crippen LogP contribution is -2.37. The van der Waals surface area contributed by atoms with E-state index in [0.717, 1.165) is 59.5 Å². The van der Waals surface area contributed by atoms with E-state index in [1.165, 1.54) is 0 Å². The predicted molar refractivity (Wildman–Crippen MR) is 113 cm³/mol. The molecule has 0 radical (unpaired) electrons. The Bertz CT molecular complexity index is 847. The van der Waals surface area contributed by atoms with Gasteiger partial charge in [0.2, 0.25) is 5.91 Å². The van der Waals surface area contributed by atoms with Crippen molar-refractivity contribution in [2.75, 3.05) is 37.9 Å². The average Bonchev–Trinajstić information content (AvgIpc) is 3.12. The maximum atomic E-state index is 12.9. The van der Waals surface area contributed by atoms with Gasteiger partial charge in [-0.05, 0) is 45.2 Å². The van der Waals surface area contributed by atoms with Gasteiger partial charge < -0.3 is 14.8 Å². The summed E-state index contributed by atoms with van der Waals surface area (Å²) in [6, 6.07) is 3.84. The minimum Gasteiger partial charge on any atom is -0.486 e. The third-order valence-electron chi connectivity index (χ3n) is 5.13. The molecule has 4 rings (SSSR count). The van der Waals surface area contributed by atoms with Crippen LogP contribution in [0, 0.1) is 12.8 Å². The smallest absolute Gasteiger partial charge is 0.227 e. The van der Waals surface area contributed by atoms with Gasteiger partial charge >= 0.3 is 0 Å². The van der Waals surface area contributed by atoms with E-state index >= 15 is 0 Å². The number of hydrogen-bond donors (Lipinski definition) is 1. The number of thioether (sulfide) groups is 1. The minimum atomic E-state index is 0.0383. The number of thiazole rings is 1. The van der Waals surface area contributed by atoms with Gasteiger partial charge in [-0.15, -0.1) is 23.1 Å². The Morgan fingerprint density at radius 2 is 2.00 bits per heavy atom. The number of hydrogen-bond acceptors (Lipinski definition) is 7. The Balaban J connectivity index is 1.35. The van der Waals surface area contributed by atoms with Crippen molar-refractivity contribution in [2.45, 2.75) is 31.2 Å². The molecule has 1 aromatic heterocycles. The number of piperidine rings is 1. The Labute approximate surface area is 173 Å². The molecule has 8 heteroatoms. The molecule has 0 saturated carbocycles. The fraction of sp³-hybridized carbons (Fsp3) is 0.500. The number of carbonyl (C=O) groups is 1. The standard InChI is InChI=1S/C20H25N3O3S2/c1-13-21-15(12-28-13)11-23-5-3-14(4-6-23)20(24)22-16-9-17-18(10-19(16)27-2)26-8-7-25-17/h9-10,12,14H,3-8,11H2,1-2H3,(H,22,24). The lowest BCUT2D eigenvalue weighted by molar-refractivity contribution is -0.121. The third kappa shape index (κ3) is 4.45. The van der Waals surface area contributed by atoms with Crippen LogP contribution in [-0.4, -0.2) is 48.4 Å². The number of ether oxygens (including phenoxy) is 2. The summed E-state index contributed by atoms with van der Waals surface area (Å²) < 4.78 is 11.3. The molecular formula is C20H25N3O3S2. The van der Waals surface area contributed by atoms with Crippen molar-refractivity contribution in [1.82, 2.24) is 9.88 Å². The summed E-state index contributed by atoms with van der Waals surface area (Å²) in [4.78, 5) is 20.8. The number of carbonyl (C=O) groups excluding carboxylic acids is 1. The van der Waals surface area contributed by atoms with Gasteiger partial charge in [0.25, 0.3) is 0 Å². The highest BCUT2D eigenvalue weighted by Gasteiger charge is 2.26. The highest BCUT2D eigenvalue weighted by atomic mass is 32.2. The molecule has 0 atom stereocenters. The third-order valence-corrected chi connectivity index (χ3v) is 6.73. The monoisotopic (exact) mass is 419 g/mol. The van der Waals surface area contributed by atoms with Crippen molar-refractivity contribution in [1.29, 1.82) is 0 Å². The van der Waals surface area contributed by atoms with Crippen LogP contribution in [0.5, 0.6) is 11.5 Å². The van der Waals surface area contributed by atoms with E-state index in [9.17, 15) is 4.79 Å². The van der Waals surface area contributed by atoms with Gasteiger partial charge in [0.15, 0.2) is 11.5 Å². The van der Waals surface area contributed by atoms with Gasteiger partial charge in [0.1, 0.15) is 13.2 Å². The van der Waals surface area contributed by atoms with Crippen LogP contribution in [0.1, 0.15) is 23.5 Å². The molecule has 2 aliphatic rings. The first kappa shape index (κ1) is 19.5. The number of fused-ring (bicyclic) bond motifs is 1. The molecule has 28 heavy (non-hydrogen) atoms. The molecule has 0 bridgehead atoms. The summed E-state index contributed by atoms with van der Waals surface area (Å²) in [7, 11) is 0. The van der Waals surface area contributed by atoms with Crippen LogP contribution in [-0.2, 0) is 11.3 Å². The van der Waals surface area contributed by atoms with Crippen molar-refractivity contribution in [2.24, 2.45) is 5.92 Å². The molecule has 150 valence electrons. The molecule has 0 aliphatic carbocycles. The molecule has 0 spiro atoms. The van der Waals surface area contributed by atoms with Gasteiger partial charge in [-0.1, -0.05) is 0 Å². The van der Waals surface area contributed by atoms with E-state index in [2.05, 4.69) is 20.6 Å². The number of nitrogens with one attached hydrogen (secondary N) is 1. The molecule has 2 aliphatic heterocycles. The molecule has 1 saturated heterocycles. The van der Waals surface area contributed by atoms with Crippen molar-refractivity contribution in [3.8, 4) is 11.5 Å². The lowest BCUT2D eigenvalue weighted by Gasteiger charge is -2.31. The van der Waals surface area contributed by atoms with E-state index in [0.29, 0.717) is 19.0 Å². The van der Waals surface area contributed by atoms with Crippen LogP contribution < -0.4 is 14.8 Å². The summed E-state index contributed by atoms with van der Waals surface area (Å²) >= 11 is 3.29. The zero-order chi connectivity index (χ0) is 19.5. The molecule has 3 heterocycles. The normalized spacial score (nSPS) is 17.5. The molecule has 1 amide bonds. The van der Waals surface area contributed by atoms with Crippen molar-refractivity contribution >= 4 is 34.7 Å². The highest BCUT2D eigenvalue weighted by molar-refractivity contribution is 7.98. The van der Waals surface area contributed by atoms with Crippen LogP contribution in [0.25, 0.3) is 0 Å². The van der Waals surface area contributed by atoms with E-state index in [1.807, 2.05) is 25.3 Å². The number of likely N-dealkylation sites (tertiary alicyclic amines) is 1. The predicted octanol–water partition coefficient (Wildman–Crippen LogP) is 3.80. The van der Waals surface area contributed by atoms with Crippen molar-refractivity contribution in [3.63, 3.8) is 0 Å². The topological polar surface area (TPSA) is 63.7 Å². The minimum absolute atomic E-state index is 0.0383. The number of rotatable bonds is 5. The molecule has 0 unspecified atom stereocenters. The largest absolute Gasteiger partial charge is 0.486 e. The quantitative estimate of drug-likeness (QED) is 0.744. The van der Waals surface area contributed by atoms with E-state index in [1.54, 1.807) is 23.1 Å². The molecule has 1 N–H and O–H groups in total. The zero-order valence-electron chi connectivity index (χ0n) is 16.2. The van der Waals surface area contributed by atoms with Crippen LogP contribution >= 0.6 is 23.1 Å². The van der Waals surface area contributed by atoms with Gasteiger partial charge in [-0.25, -0.2) is 4.98 Å². The fourth-order valence-corrected chi connectivity index (χ4v) is 4.79. The average molecular weight is 420 g/mol. The number of anilines is 1. The highest BCUT2D eigenvalue weighted by Crippen LogP contribution is 2.39. The Kier molecular flexibility index (Phi) is 6.08. The first-order chi connectivity index (χ1) is 13.6. The second-order valence-electron chi connectivity index (χ2n) is 7.09.